The number of piperazine rings is 1. The second kappa shape index (κ2) is 9.38. The first kappa shape index (κ1) is 19.2. The molecule has 26 heavy (non-hydrogen) atoms. The van der Waals surface area contributed by atoms with Gasteiger partial charge in [-0.2, -0.15) is 0 Å². The normalized spacial score (nSPS) is 21.3. The lowest BCUT2D eigenvalue weighted by Gasteiger charge is -2.30. The predicted molar refractivity (Wildman–Crippen MR) is 104 cm³/mol. The molecule has 1 saturated heterocycles. The number of halogens is 1. The minimum Gasteiger partial charge on any atom is -0.491 e. The highest BCUT2D eigenvalue weighted by Gasteiger charge is 2.25. The molecule has 2 aromatic rings. The van der Waals surface area contributed by atoms with Crippen LogP contribution in [0.25, 0.3) is 0 Å². The van der Waals surface area contributed by atoms with Crippen LogP contribution in [0.5, 0.6) is 5.75 Å². The third kappa shape index (κ3) is 5.99. The number of hydrogen-bond acceptors (Lipinski definition) is 2. The summed E-state index contributed by atoms with van der Waals surface area (Å²) < 4.78 is 5.69. The van der Waals surface area contributed by atoms with Gasteiger partial charge in [0.05, 0.1) is 0 Å². The summed E-state index contributed by atoms with van der Waals surface area (Å²) in [6, 6.07) is 16.1. The van der Waals surface area contributed by atoms with Gasteiger partial charge in [-0.3, -0.25) is 0 Å². The Labute approximate surface area is 160 Å². The van der Waals surface area contributed by atoms with Crippen molar-refractivity contribution < 1.29 is 19.6 Å². The Morgan fingerprint density at radius 3 is 2.23 bits per heavy atom. The maximum absolute atomic E-state index is 10.3. The van der Waals surface area contributed by atoms with Gasteiger partial charge in [-0.05, 0) is 31.2 Å². The van der Waals surface area contributed by atoms with Gasteiger partial charge >= 0.3 is 0 Å². The van der Waals surface area contributed by atoms with E-state index in [-0.39, 0.29) is 0 Å². The molecule has 0 spiro atoms. The van der Waals surface area contributed by atoms with Crippen LogP contribution in [0.15, 0.2) is 48.5 Å². The van der Waals surface area contributed by atoms with E-state index in [4.69, 9.17) is 16.3 Å². The number of quaternary nitrogens is 2. The summed E-state index contributed by atoms with van der Waals surface area (Å²) in [5.74, 6) is 0.821. The third-order valence-electron chi connectivity index (χ3n) is 5.02. The molecular weight excluding hydrogens is 348 g/mol. The first-order valence-electron chi connectivity index (χ1n) is 9.37. The molecule has 0 saturated carbocycles. The molecular formula is C21H29ClN2O2+2. The summed E-state index contributed by atoms with van der Waals surface area (Å²) in [4.78, 5) is 3.06. The molecule has 0 aliphatic carbocycles. The van der Waals surface area contributed by atoms with Crippen molar-refractivity contribution in [3.8, 4) is 5.75 Å². The number of aliphatic hydroxyl groups excluding tert-OH is 1. The molecule has 5 heteroatoms. The quantitative estimate of drug-likeness (QED) is 0.653. The first-order valence-corrected chi connectivity index (χ1v) is 9.75. The van der Waals surface area contributed by atoms with E-state index in [2.05, 4.69) is 19.1 Å². The average molecular weight is 377 g/mol. The molecule has 2 aromatic carbocycles. The van der Waals surface area contributed by atoms with Crippen LogP contribution in [-0.4, -0.2) is 50.5 Å². The molecule has 3 N–H and O–H groups in total. The average Bonchev–Trinajstić information content (AvgIpc) is 2.65. The molecule has 0 bridgehead atoms. The Kier molecular flexibility index (Phi) is 6.92. The molecule has 4 nitrogen and oxygen atoms in total. The highest BCUT2D eigenvalue weighted by atomic mass is 35.5. The Morgan fingerprint density at radius 2 is 1.58 bits per heavy atom. The molecule has 1 atom stereocenters. The SMILES string of the molecule is Cc1ccc(OC[C@H](O)C[NH+]2CC[NH+](Cc3ccc(Cl)cc3)CC2)cc1. The topological polar surface area (TPSA) is 38.3 Å². The maximum Gasteiger partial charge on any atom is 0.137 e. The fraction of sp³-hybridized carbons (Fsp3) is 0.429. The van der Waals surface area contributed by atoms with Gasteiger partial charge in [0.15, 0.2) is 0 Å². The van der Waals surface area contributed by atoms with Gasteiger partial charge in [-0.15, -0.1) is 0 Å². The summed E-state index contributed by atoms with van der Waals surface area (Å²) in [5, 5.41) is 11.1. The van der Waals surface area contributed by atoms with E-state index < -0.39 is 6.10 Å². The maximum atomic E-state index is 10.3. The van der Waals surface area contributed by atoms with E-state index in [1.54, 1.807) is 4.90 Å². The number of nitrogens with one attached hydrogen (secondary N) is 2. The van der Waals surface area contributed by atoms with Gasteiger partial charge < -0.3 is 19.6 Å². The Balaban J connectivity index is 1.36. The molecule has 1 aliphatic rings. The smallest absolute Gasteiger partial charge is 0.137 e. The lowest BCUT2D eigenvalue weighted by atomic mass is 10.2. The van der Waals surface area contributed by atoms with Gasteiger partial charge in [0.25, 0.3) is 0 Å². The van der Waals surface area contributed by atoms with Gasteiger partial charge in [-0.25, -0.2) is 0 Å². The summed E-state index contributed by atoms with van der Waals surface area (Å²) >= 11 is 5.95. The number of benzene rings is 2. The van der Waals surface area contributed by atoms with Crippen molar-refractivity contribution >= 4 is 11.6 Å². The largest absolute Gasteiger partial charge is 0.491 e. The van der Waals surface area contributed by atoms with E-state index in [1.807, 2.05) is 36.4 Å². The number of aryl methyl sites for hydroxylation is 1. The Hall–Kier alpha value is -1.59. The van der Waals surface area contributed by atoms with Crippen molar-refractivity contribution in [1.82, 2.24) is 0 Å². The van der Waals surface area contributed by atoms with Crippen molar-refractivity contribution in [2.45, 2.75) is 19.6 Å². The van der Waals surface area contributed by atoms with Crippen LogP contribution in [0.3, 0.4) is 0 Å². The van der Waals surface area contributed by atoms with Gasteiger partial charge in [-0.1, -0.05) is 41.4 Å². The third-order valence-corrected chi connectivity index (χ3v) is 5.27. The van der Waals surface area contributed by atoms with Crippen LogP contribution in [0.1, 0.15) is 11.1 Å². The number of aliphatic hydroxyl groups is 1. The zero-order valence-corrected chi connectivity index (χ0v) is 16.1. The van der Waals surface area contributed by atoms with Crippen LogP contribution in [0.2, 0.25) is 5.02 Å². The lowest BCUT2D eigenvalue weighted by Crippen LogP contribution is -3.28. The molecule has 0 radical (unpaired) electrons. The summed E-state index contributed by atoms with van der Waals surface area (Å²) in [7, 11) is 0. The fourth-order valence-electron chi connectivity index (χ4n) is 3.45. The molecule has 1 aliphatic heterocycles. The summed E-state index contributed by atoms with van der Waals surface area (Å²) in [6.07, 6.45) is -0.427. The van der Waals surface area contributed by atoms with E-state index in [0.29, 0.717) is 6.61 Å². The molecule has 1 heterocycles. The number of hydrogen-bond donors (Lipinski definition) is 3. The van der Waals surface area contributed by atoms with Gasteiger partial charge in [0.1, 0.15) is 57.7 Å². The highest BCUT2D eigenvalue weighted by molar-refractivity contribution is 6.30. The zero-order valence-electron chi connectivity index (χ0n) is 15.4. The summed E-state index contributed by atoms with van der Waals surface area (Å²) in [6.45, 7) is 8.64. The molecule has 0 unspecified atom stereocenters. The van der Waals surface area contributed by atoms with E-state index in [1.165, 1.54) is 16.0 Å². The second-order valence-electron chi connectivity index (χ2n) is 7.29. The van der Waals surface area contributed by atoms with Crippen LogP contribution < -0.4 is 14.5 Å². The molecule has 0 aromatic heterocycles. The number of rotatable bonds is 7. The monoisotopic (exact) mass is 376 g/mol. The molecule has 1 fully saturated rings. The van der Waals surface area contributed by atoms with E-state index >= 15 is 0 Å². The van der Waals surface area contributed by atoms with Crippen molar-refractivity contribution in [1.29, 1.82) is 0 Å². The first-order chi connectivity index (χ1) is 12.6. The second-order valence-corrected chi connectivity index (χ2v) is 7.72. The van der Waals surface area contributed by atoms with Crippen molar-refractivity contribution in [2.75, 3.05) is 39.3 Å². The van der Waals surface area contributed by atoms with Crippen LogP contribution in [-0.2, 0) is 6.54 Å². The van der Waals surface area contributed by atoms with Crippen LogP contribution in [0, 0.1) is 6.92 Å². The van der Waals surface area contributed by atoms with E-state index in [0.717, 1.165) is 50.0 Å². The Bertz CT molecular complexity index is 667. The minimum atomic E-state index is -0.427. The van der Waals surface area contributed by atoms with Gasteiger partial charge in [0, 0.05) is 10.6 Å². The standard InChI is InChI=1S/C21H27ClN2O2/c1-17-2-8-21(9-3-17)26-16-20(25)15-24-12-10-23(11-13-24)14-18-4-6-19(22)7-5-18/h2-9,20,25H,10-16H2,1H3/p+2/t20-/m1/s1. The van der Waals surface area contributed by atoms with Gasteiger partial charge in [0.2, 0.25) is 0 Å². The Morgan fingerprint density at radius 1 is 0.962 bits per heavy atom. The summed E-state index contributed by atoms with van der Waals surface area (Å²) in [5.41, 5.74) is 2.54. The molecule has 140 valence electrons. The number of ether oxygens (including phenoxy) is 1. The van der Waals surface area contributed by atoms with Crippen molar-refractivity contribution in [3.63, 3.8) is 0 Å². The zero-order chi connectivity index (χ0) is 18.4. The van der Waals surface area contributed by atoms with Crippen molar-refractivity contribution in [3.05, 3.63) is 64.7 Å². The van der Waals surface area contributed by atoms with Crippen LogP contribution >= 0.6 is 11.6 Å². The van der Waals surface area contributed by atoms with Crippen LogP contribution in [0.4, 0.5) is 0 Å². The molecule has 0 amide bonds. The predicted octanol–water partition coefficient (Wildman–Crippen LogP) is 0.372. The fourth-order valence-corrected chi connectivity index (χ4v) is 3.57. The minimum absolute atomic E-state index is 0.355. The van der Waals surface area contributed by atoms with Crippen molar-refractivity contribution in [2.24, 2.45) is 0 Å². The van der Waals surface area contributed by atoms with E-state index in [9.17, 15) is 5.11 Å². The lowest BCUT2D eigenvalue weighted by molar-refractivity contribution is -1.02. The highest BCUT2D eigenvalue weighted by Crippen LogP contribution is 2.11. The molecule has 3 rings (SSSR count).